The first-order chi connectivity index (χ1) is 41.9. The Morgan fingerprint density at radius 2 is 0.841 bits per heavy atom. The van der Waals surface area contributed by atoms with Gasteiger partial charge in [-0.3, -0.25) is 4.72 Å². The Bertz CT molecular complexity index is 5080. The molecule has 0 fully saturated rings. The minimum absolute atomic E-state index is 0.0786. The molecular formula is C67H46Cl3F3N8O5S2. The molecule has 0 unspecified atom stereocenters. The van der Waals surface area contributed by atoms with Crippen LogP contribution in [0.3, 0.4) is 0 Å². The summed E-state index contributed by atoms with van der Waals surface area (Å²) in [6, 6.07) is 58.5. The Balaban J connectivity index is 0.000000146. The van der Waals surface area contributed by atoms with Crippen molar-refractivity contribution in [2.45, 2.75) is 29.9 Å². The van der Waals surface area contributed by atoms with Crippen LogP contribution in [0.15, 0.2) is 205 Å². The van der Waals surface area contributed by atoms with Gasteiger partial charge in [-0.15, -0.1) is 0 Å². The van der Waals surface area contributed by atoms with E-state index in [2.05, 4.69) is 65.4 Å². The number of halogens is 6. The van der Waals surface area contributed by atoms with Gasteiger partial charge in [0.15, 0.2) is 17.5 Å². The normalized spacial score (nSPS) is 11.4. The maximum atomic E-state index is 12.8. The van der Waals surface area contributed by atoms with Crippen LogP contribution in [0.4, 0.5) is 18.9 Å². The molecule has 12 rings (SSSR count). The number of aromatic nitrogens is 6. The number of sulfonamides is 2. The second kappa shape index (κ2) is 25.7. The van der Waals surface area contributed by atoms with E-state index in [1.54, 1.807) is 103 Å². The van der Waals surface area contributed by atoms with Gasteiger partial charge in [-0.1, -0.05) is 150 Å². The van der Waals surface area contributed by atoms with Crippen molar-refractivity contribution in [1.82, 2.24) is 29.9 Å². The molecule has 7 N–H and O–H groups in total. The van der Waals surface area contributed by atoms with Crippen molar-refractivity contribution in [2.24, 2.45) is 5.14 Å². The van der Waals surface area contributed by atoms with Crippen molar-refractivity contribution in [3.05, 3.63) is 255 Å². The minimum Gasteiger partial charge on any atom is -0.386 e. The van der Waals surface area contributed by atoms with Crippen molar-refractivity contribution in [2.75, 3.05) is 4.72 Å². The number of primary sulfonamides is 1. The molecule has 0 atom stereocenters. The summed E-state index contributed by atoms with van der Waals surface area (Å²) in [7, 11) is -9.39. The van der Waals surface area contributed by atoms with E-state index in [9.17, 15) is 35.1 Å². The molecule has 13 nitrogen and oxygen atoms in total. The highest BCUT2D eigenvalue weighted by Crippen LogP contribution is 2.35. The Morgan fingerprint density at radius 3 is 1.25 bits per heavy atom. The van der Waals surface area contributed by atoms with Gasteiger partial charge in [-0.05, 0) is 163 Å². The van der Waals surface area contributed by atoms with Crippen LogP contribution in [0.5, 0.6) is 0 Å². The lowest BCUT2D eigenvalue weighted by atomic mass is 9.89. The minimum atomic E-state index is -5.55. The molecule has 0 bridgehead atoms. The summed E-state index contributed by atoms with van der Waals surface area (Å²) >= 11 is 17.9. The number of H-pyrrole nitrogens is 3. The van der Waals surface area contributed by atoms with Crippen molar-refractivity contribution < 1.29 is 35.1 Å². The number of rotatable bonds is 7. The zero-order valence-electron chi connectivity index (χ0n) is 46.1. The SMILES string of the molecule is CC(C)(O)c1ccccc1-c1ccc2nc(C#Cc3cccc(Cl)c3)[nH]c2c1.NS(=O)(=O)c1ccccc1-c1ccc2nc(C#Cc3cccc(Cl)c3)[nH]c2c1.O=S(=O)(Nc1ccccc1-c1ccc2nc(C#Cc3cccc(Cl)c3)[nH]c2c1)C(F)(F)F. The van der Waals surface area contributed by atoms with Crippen molar-refractivity contribution in [1.29, 1.82) is 0 Å². The third kappa shape index (κ3) is 15.1. The number of benzene rings is 9. The number of alkyl halides is 3. The molecule has 438 valence electrons. The van der Waals surface area contributed by atoms with Crippen LogP contribution < -0.4 is 9.86 Å². The van der Waals surface area contributed by atoms with E-state index in [0.29, 0.717) is 60.3 Å². The van der Waals surface area contributed by atoms with E-state index in [-0.39, 0.29) is 16.1 Å². The van der Waals surface area contributed by atoms with E-state index in [1.807, 2.05) is 91.0 Å². The highest BCUT2D eigenvalue weighted by Gasteiger charge is 2.46. The average Bonchev–Trinajstić information content (AvgIpc) is 2.84. The number of para-hydroxylation sites is 1. The Hall–Kier alpha value is -9.65. The average molecular weight is 1270 g/mol. The van der Waals surface area contributed by atoms with Gasteiger partial charge in [-0.25, -0.2) is 28.5 Å². The fourth-order valence-electron chi connectivity index (χ4n) is 9.05. The number of anilines is 1. The number of aliphatic hydroxyl groups is 1. The fraction of sp³-hybridized carbons (Fsp3) is 0.0597. The van der Waals surface area contributed by atoms with Crippen molar-refractivity contribution >= 4 is 93.6 Å². The van der Waals surface area contributed by atoms with Crippen LogP contribution in [-0.4, -0.2) is 57.4 Å². The van der Waals surface area contributed by atoms with E-state index in [4.69, 9.17) is 39.9 Å². The van der Waals surface area contributed by atoms with Crippen molar-refractivity contribution in [3.8, 4) is 68.9 Å². The lowest BCUT2D eigenvalue weighted by Crippen LogP contribution is -2.30. The lowest BCUT2D eigenvalue weighted by molar-refractivity contribution is -0.0429. The molecule has 21 heteroatoms. The number of nitrogens with one attached hydrogen (secondary N) is 4. The van der Waals surface area contributed by atoms with Crippen LogP contribution >= 0.6 is 34.8 Å². The first kappa shape index (κ1) is 61.4. The van der Waals surface area contributed by atoms with Gasteiger partial charge < -0.3 is 20.1 Å². The number of fused-ring (bicyclic) bond motifs is 3. The third-order valence-corrected chi connectivity index (χ3v) is 15.9. The second-order valence-corrected chi connectivity index (χ2v) is 24.5. The molecule has 3 heterocycles. The van der Waals surface area contributed by atoms with Crippen LogP contribution in [0.2, 0.25) is 15.1 Å². The summed E-state index contributed by atoms with van der Waals surface area (Å²) < 4.78 is 86.8. The Labute approximate surface area is 518 Å². The number of hydrogen-bond donors (Lipinski definition) is 6. The van der Waals surface area contributed by atoms with Gasteiger partial charge in [0, 0.05) is 42.9 Å². The van der Waals surface area contributed by atoms with Crippen LogP contribution in [-0.2, 0) is 25.6 Å². The van der Waals surface area contributed by atoms with E-state index < -0.39 is 31.2 Å². The number of hydrogen-bond acceptors (Lipinski definition) is 8. The first-order valence-electron chi connectivity index (χ1n) is 26.4. The van der Waals surface area contributed by atoms with E-state index in [0.717, 1.165) is 55.4 Å². The van der Waals surface area contributed by atoms with Gasteiger partial charge in [0.05, 0.1) is 49.3 Å². The predicted octanol–water partition coefficient (Wildman–Crippen LogP) is 15.0. The number of nitrogens with zero attached hydrogens (tertiary/aromatic N) is 3. The molecule has 0 saturated heterocycles. The molecule has 0 radical (unpaired) electrons. The number of aromatic amines is 3. The lowest BCUT2D eigenvalue weighted by Gasteiger charge is -2.21. The monoisotopic (exact) mass is 1270 g/mol. The summed E-state index contributed by atoms with van der Waals surface area (Å²) in [4.78, 5) is 22.9. The second-order valence-electron chi connectivity index (χ2n) is 20.0. The molecule has 0 aliphatic rings. The molecule has 0 amide bonds. The quantitative estimate of drug-likeness (QED) is 0.0843. The standard InChI is InChI=1S/C24H19ClN2O.C22H13ClF3N3O2S.C21H14ClN3O2S/c1-24(2,28)20-9-4-3-8-19(20)17-11-12-21-22(15-17)27-23(26-21)13-10-16-6-5-7-18(25)14-16;23-16-5-3-4-14(12-16)8-11-21-27-19-10-9-15(13-20(19)28-21)17-6-1-2-7-18(17)29-32(30,31)22(24,25)26;22-16-5-3-4-14(12-16)8-11-21-24-18-10-9-15(13-19(18)25-21)17-6-1-2-7-20(17)28(23,26)27/h3-9,11-12,14-15,28H,1-2H3,(H,26,27);1-7,9-10,12-13,29H,(H,27,28);1-7,9-10,12-13H,(H,24,25)(H2,23,26,27). The summed E-state index contributed by atoms with van der Waals surface area (Å²) in [5, 5.41) is 17.7. The van der Waals surface area contributed by atoms with Crippen LogP contribution in [0, 0.1) is 35.5 Å². The maximum absolute atomic E-state index is 12.8. The third-order valence-electron chi connectivity index (χ3n) is 13.1. The summed E-state index contributed by atoms with van der Waals surface area (Å²) in [5.41, 5.74) is 5.14. The highest BCUT2D eigenvalue weighted by molar-refractivity contribution is 7.93. The summed E-state index contributed by atoms with van der Waals surface area (Å²) in [6.07, 6.45) is 0. The topological polar surface area (TPSA) is 213 Å². The number of nitrogens with two attached hydrogens (primary N) is 1. The Kier molecular flexibility index (Phi) is 18.0. The molecular weight excluding hydrogens is 1220 g/mol. The van der Waals surface area contributed by atoms with Gasteiger partial charge in [0.1, 0.15) is 0 Å². The van der Waals surface area contributed by atoms with E-state index >= 15 is 0 Å². The molecule has 0 spiro atoms. The number of imidazole rings is 3. The molecule has 88 heavy (non-hydrogen) atoms. The van der Waals surface area contributed by atoms with Gasteiger partial charge in [0.2, 0.25) is 10.0 Å². The molecule has 0 aliphatic carbocycles. The zero-order chi connectivity index (χ0) is 62.4. The summed E-state index contributed by atoms with van der Waals surface area (Å²) in [5.74, 6) is 19.5. The van der Waals surface area contributed by atoms with E-state index in [1.165, 1.54) is 24.3 Å². The van der Waals surface area contributed by atoms with Crippen LogP contribution in [0.1, 0.15) is 53.6 Å². The fourth-order valence-corrected chi connectivity index (χ4v) is 11.0. The molecule has 0 saturated carbocycles. The predicted molar refractivity (Wildman–Crippen MR) is 342 cm³/mol. The Morgan fingerprint density at radius 1 is 0.466 bits per heavy atom. The highest BCUT2D eigenvalue weighted by atomic mass is 35.5. The first-order valence-corrected chi connectivity index (χ1v) is 30.5. The smallest absolute Gasteiger partial charge is 0.386 e. The molecule has 3 aromatic heterocycles. The van der Waals surface area contributed by atoms with Gasteiger partial charge in [-0.2, -0.15) is 21.6 Å². The molecule has 0 aliphatic heterocycles. The molecule has 12 aromatic rings. The largest absolute Gasteiger partial charge is 0.516 e. The van der Waals surface area contributed by atoms with Crippen molar-refractivity contribution in [3.63, 3.8) is 0 Å². The maximum Gasteiger partial charge on any atom is 0.516 e. The van der Waals surface area contributed by atoms with Gasteiger partial charge in [0.25, 0.3) is 0 Å². The van der Waals surface area contributed by atoms with Crippen LogP contribution in [0.25, 0.3) is 66.5 Å². The summed E-state index contributed by atoms with van der Waals surface area (Å²) in [6.45, 7) is 3.59. The molecule has 9 aromatic carbocycles. The van der Waals surface area contributed by atoms with Gasteiger partial charge >= 0.3 is 15.5 Å². The zero-order valence-corrected chi connectivity index (χ0v) is 50.0.